The van der Waals surface area contributed by atoms with Crippen molar-refractivity contribution in [3.05, 3.63) is 94.3 Å². The molecule has 0 aliphatic rings. The number of benzene rings is 3. The van der Waals surface area contributed by atoms with Crippen LogP contribution in [0.5, 0.6) is 5.75 Å². The number of halogens is 1. The van der Waals surface area contributed by atoms with Crippen LogP contribution in [0, 0.1) is 6.92 Å². The van der Waals surface area contributed by atoms with E-state index in [2.05, 4.69) is 67.1 Å². The van der Waals surface area contributed by atoms with Crippen molar-refractivity contribution in [2.24, 2.45) is 0 Å². The monoisotopic (exact) mass is 517 g/mol. The number of para-hydroxylation sites is 2. The van der Waals surface area contributed by atoms with Crippen molar-refractivity contribution in [3.8, 4) is 5.75 Å². The number of rotatable bonds is 12. The van der Waals surface area contributed by atoms with E-state index in [1.165, 1.54) is 11.1 Å². The molecule has 1 aromatic heterocycles. The third-order valence-corrected chi connectivity index (χ3v) is 6.91. The van der Waals surface area contributed by atoms with E-state index in [-0.39, 0.29) is 5.91 Å². The molecular formula is C31H36ClN3O2. The fourth-order valence-corrected chi connectivity index (χ4v) is 4.81. The van der Waals surface area contributed by atoms with Gasteiger partial charge in [-0.1, -0.05) is 68.3 Å². The van der Waals surface area contributed by atoms with Gasteiger partial charge in [-0.2, -0.15) is 0 Å². The molecule has 5 nitrogen and oxygen atoms in total. The predicted octanol–water partition coefficient (Wildman–Crippen LogP) is 7.34. The Kier molecular flexibility index (Phi) is 9.24. The van der Waals surface area contributed by atoms with E-state index in [9.17, 15) is 4.79 Å². The second-order valence-corrected chi connectivity index (χ2v) is 10.2. The number of hydrogen-bond acceptors (Lipinski definition) is 3. The molecule has 0 aliphatic carbocycles. The van der Waals surface area contributed by atoms with Gasteiger partial charge in [0.25, 0.3) is 5.91 Å². The van der Waals surface area contributed by atoms with Crippen molar-refractivity contribution >= 4 is 28.5 Å². The van der Waals surface area contributed by atoms with Gasteiger partial charge in [0, 0.05) is 13.0 Å². The molecule has 0 saturated carbocycles. The maximum atomic E-state index is 12.3. The highest BCUT2D eigenvalue weighted by atomic mass is 35.5. The van der Waals surface area contributed by atoms with E-state index in [4.69, 9.17) is 21.3 Å². The van der Waals surface area contributed by atoms with Gasteiger partial charge in [-0.3, -0.25) is 4.79 Å². The van der Waals surface area contributed by atoms with Crippen LogP contribution in [0.15, 0.2) is 66.7 Å². The first-order valence-corrected chi connectivity index (χ1v) is 13.5. The summed E-state index contributed by atoms with van der Waals surface area (Å²) < 4.78 is 8.57. The molecule has 1 heterocycles. The molecule has 1 amide bonds. The van der Waals surface area contributed by atoms with Gasteiger partial charge in [0.05, 0.1) is 28.2 Å². The number of aryl methyl sites for hydroxylation is 2. The molecule has 194 valence electrons. The highest BCUT2D eigenvalue weighted by Crippen LogP contribution is 2.28. The van der Waals surface area contributed by atoms with E-state index in [1.54, 1.807) is 12.1 Å². The summed E-state index contributed by atoms with van der Waals surface area (Å²) in [6.07, 6.45) is 3.80. The summed E-state index contributed by atoms with van der Waals surface area (Å²) in [6.45, 7) is 8.45. The second kappa shape index (κ2) is 12.8. The van der Waals surface area contributed by atoms with Gasteiger partial charge in [-0.25, -0.2) is 4.98 Å². The van der Waals surface area contributed by atoms with Crippen molar-refractivity contribution in [1.29, 1.82) is 0 Å². The van der Waals surface area contributed by atoms with Crippen LogP contribution < -0.4 is 10.1 Å². The number of nitrogens with one attached hydrogen (secondary N) is 1. The Hall–Kier alpha value is -3.31. The Morgan fingerprint density at radius 3 is 2.62 bits per heavy atom. The van der Waals surface area contributed by atoms with E-state index in [1.807, 2.05) is 18.2 Å². The van der Waals surface area contributed by atoms with Crippen molar-refractivity contribution < 1.29 is 9.53 Å². The van der Waals surface area contributed by atoms with Crippen molar-refractivity contribution in [1.82, 2.24) is 14.9 Å². The molecule has 0 bridgehead atoms. The summed E-state index contributed by atoms with van der Waals surface area (Å²) in [6, 6.07) is 21.9. The Balaban J connectivity index is 1.31. The Morgan fingerprint density at radius 2 is 1.81 bits per heavy atom. The van der Waals surface area contributed by atoms with Crippen LogP contribution >= 0.6 is 11.6 Å². The number of aromatic nitrogens is 2. The van der Waals surface area contributed by atoms with Crippen LogP contribution in [0.25, 0.3) is 11.0 Å². The number of amides is 1. The van der Waals surface area contributed by atoms with E-state index in [0.29, 0.717) is 29.7 Å². The van der Waals surface area contributed by atoms with Gasteiger partial charge < -0.3 is 14.6 Å². The molecule has 0 spiro atoms. The zero-order valence-electron chi connectivity index (χ0n) is 22.0. The number of unbranched alkanes of at least 4 members (excludes halogenated alkanes) is 2. The molecule has 4 aromatic rings. The maximum Gasteiger partial charge on any atom is 0.252 e. The minimum Gasteiger partial charge on any atom is -0.491 e. The first-order valence-electron chi connectivity index (χ1n) is 13.1. The number of imidazole rings is 1. The van der Waals surface area contributed by atoms with Gasteiger partial charge in [0.1, 0.15) is 18.2 Å². The second-order valence-electron chi connectivity index (χ2n) is 9.76. The van der Waals surface area contributed by atoms with Crippen molar-refractivity contribution in [3.63, 3.8) is 0 Å². The molecule has 3 aromatic carbocycles. The lowest BCUT2D eigenvalue weighted by atomic mass is 10.0. The Labute approximate surface area is 224 Å². The van der Waals surface area contributed by atoms with Gasteiger partial charge in [0.2, 0.25) is 0 Å². The number of ether oxygens (including phenoxy) is 1. The van der Waals surface area contributed by atoms with E-state index >= 15 is 0 Å². The zero-order chi connectivity index (χ0) is 26.2. The Bertz CT molecular complexity index is 1350. The summed E-state index contributed by atoms with van der Waals surface area (Å²) in [5.41, 5.74) is 5.12. The largest absolute Gasteiger partial charge is 0.491 e. The third kappa shape index (κ3) is 6.92. The Morgan fingerprint density at radius 1 is 1.03 bits per heavy atom. The van der Waals surface area contributed by atoms with Crippen molar-refractivity contribution in [2.75, 3.05) is 13.2 Å². The highest BCUT2D eigenvalue weighted by molar-refractivity contribution is 6.33. The van der Waals surface area contributed by atoms with Gasteiger partial charge in [-0.15, -0.1) is 0 Å². The number of carbonyl (C=O) groups excluding carboxylic acids is 1. The minimum atomic E-state index is -0.123. The molecular weight excluding hydrogens is 482 g/mol. The molecule has 0 radical (unpaired) electrons. The molecule has 0 saturated heterocycles. The average Bonchev–Trinajstić information content (AvgIpc) is 3.23. The highest BCUT2D eigenvalue weighted by Gasteiger charge is 2.13. The SMILES string of the molecule is Cc1ccc(C(C)C)c(OCCn2c(CCCCCNC(=O)c3ccccc3Cl)nc3ccccc32)c1. The van der Waals surface area contributed by atoms with Crippen molar-refractivity contribution in [2.45, 2.75) is 58.9 Å². The zero-order valence-corrected chi connectivity index (χ0v) is 22.7. The first kappa shape index (κ1) is 26.7. The normalized spacial score (nSPS) is 11.3. The number of hydrogen-bond donors (Lipinski definition) is 1. The smallest absolute Gasteiger partial charge is 0.252 e. The lowest BCUT2D eigenvalue weighted by Crippen LogP contribution is -2.24. The first-order chi connectivity index (χ1) is 17.9. The van der Waals surface area contributed by atoms with Crippen LogP contribution in [-0.2, 0) is 13.0 Å². The molecule has 37 heavy (non-hydrogen) atoms. The van der Waals surface area contributed by atoms with Gasteiger partial charge in [-0.05, 0) is 67.1 Å². The molecule has 0 fully saturated rings. The van der Waals surface area contributed by atoms with E-state index in [0.717, 1.165) is 54.8 Å². The summed E-state index contributed by atoms with van der Waals surface area (Å²) in [5.74, 6) is 2.34. The number of carbonyl (C=O) groups is 1. The summed E-state index contributed by atoms with van der Waals surface area (Å²) in [5, 5.41) is 3.45. The fourth-order valence-electron chi connectivity index (χ4n) is 4.58. The number of fused-ring (bicyclic) bond motifs is 1. The minimum absolute atomic E-state index is 0.123. The summed E-state index contributed by atoms with van der Waals surface area (Å²) in [7, 11) is 0. The molecule has 0 unspecified atom stereocenters. The molecule has 4 rings (SSSR count). The maximum absolute atomic E-state index is 12.3. The molecule has 0 atom stereocenters. The van der Waals surface area contributed by atoms with Crippen LogP contribution in [0.1, 0.15) is 66.3 Å². The lowest BCUT2D eigenvalue weighted by molar-refractivity contribution is 0.0953. The topological polar surface area (TPSA) is 56.1 Å². The fraction of sp³-hybridized carbons (Fsp3) is 0.355. The van der Waals surface area contributed by atoms with Crippen LogP contribution in [-0.4, -0.2) is 28.6 Å². The lowest BCUT2D eigenvalue weighted by Gasteiger charge is -2.16. The van der Waals surface area contributed by atoms with Gasteiger partial charge in [0.15, 0.2) is 0 Å². The van der Waals surface area contributed by atoms with Crippen LogP contribution in [0.3, 0.4) is 0 Å². The predicted molar refractivity (Wildman–Crippen MR) is 152 cm³/mol. The summed E-state index contributed by atoms with van der Waals surface area (Å²) >= 11 is 6.12. The molecule has 6 heteroatoms. The van der Waals surface area contributed by atoms with Gasteiger partial charge >= 0.3 is 0 Å². The average molecular weight is 518 g/mol. The number of nitrogens with zero attached hydrogens (tertiary/aromatic N) is 2. The molecule has 0 aliphatic heterocycles. The standard InChI is InChI=1S/C31H36ClN3O2/c1-22(2)24-17-16-23(3)21-29(24)37-20-19-35-28-14-9-8-13-27(28)34-30(35)15-5-4-10-18-33-31(36)25-11-6-7-12-26(25)32/h6-9,11-14,16-17,21-22H,4-5,10,15,18-20H2,1-3H3,(H,33,36). The van der Waals surface area contributed by atoms with Crippen LogP contribution in [0.2, 0.25) is 5.02 Å². The summed E-state index contributed by atoms with van der Waals surface area (Å²) in [4.78, 5) is 17.2. The quantitative estimate of drug-likeness (QED) is 0.200. The van der Waals surface area contributed by atoms with E-state index < -0.39 is 0 Å². The molecule has 1 N–H and O–H groups in total. The third-order valence-electron chi connectivity index (χ3n) is 6.58. The van der Waals surface area contributed by atoms with Crippen LogP contribution in [0.4, 0.5) is 0 Å².